The van der Waals surface area contributed by atoms with Gasteiger partial charge in [-0.05, 0) is 32.4 Å². The Morgan fingerprint density at radius 1 is 1.33 bits per heavy atom. The first-order valence-corrected chi connectivity index (χ1v) is 8.14. The Balaban J connectivity index is 0.00000529. The molecule has 0 spiro atoms. The van der Waals surface area contributed by atoms with Crippen molar-refractivity contribution in [2.75, 3.05) is 27.2 Å². The zero-order chi connectivity index (χ0) is 17.5. The highest BCUT2D eigenvalue weighted by Gasteiger charge is 2.26. The zero-order valence-electron chi connectivity index (χ0n) is 15.0. The summed E-state index contributed by atoms with van der Waals surface area (Å²) in [5.41, 5.74) is 0.480. The van der Waals surface area contributed by atoms with Gasteiger partial charge >= 0.3 is 0 Å². The van der Waals surface area contributed by atoms with Crippen LogP contribution >= 0.6 is 35.6 Å². The van der Waals surface area contributed by atoms with Gasteiger partial charge in [-0.3, -0.25) is 9.79 Å². The molecule has 2 N–H and O–H groups in total. The molecule has 0 fully saturated rings. The van der Waals surface area contributed by atoms with Crippen LogP contribution in [0.5, 0.6) is 0 Å². The predicted molar refractivity (Wildman–Crippen MR) is 112 cm³/mol. The van der Waals surface area contributed by atoms with Crippen LogP contribution in [0, 0.1) is 5.41 Å². The lowest BCUT2D eigenvalue weighted by Gasteiger charge is -2.25. The van der Waals surface area contributed by atoms with Crippen molar-refractivity contribution in [2.45, 2.75) is 27.3 Å². The maximum atomic E-state index is 11.9. The van der Waals surface area contributed by atoms with E-state index >= 15 is 0 Å². The molecular weight excluding hydrogens is 439 g/mol. The number of guanidine groups is 1. The van der Waals surface area contributed by atoms with Gasteiger partial charge in [0.2, 0.25) is 5.91 Å². The third-order valence-electron chi connectivity index (χ3n) is 3.53. The van der Waals surface area contributed by atoms with E-state index in [-0.39, 0.29) is 29.9 Å². The highest BCUT2D eigenvalue weighted by molar-refractivity contribution is 14.0. The average molecular weight is 467 g/mol. The largest absolute Gasteiger partial charge is 0.359 e. The van der Waals surface area contributed by atoms with E-state index in [0.29, 0.717) is 13.1 Å². The van der Waals surface area contributed by atoms with Crippen LogP contribution in [-0.2, 0) is 11.3 Å². The van der Waals surface area contributed by atoms with Gasteiger partial charge in [-0.15, -0.1) is 24.0 Å². The second-order valence-electron chi connectivity index (χ2n) is 6.08. The van der Waals surface area contributed by atoms with E-state index < -0.39 is 5.41 Å². The summed E-state index contributed by atoms with van der Waals surface area (Å²) in [6.45, 7) is 7.59. The number of halogens is 2. The topological polar surface area (TPSA) is 56.7 Å². The maximum Gasteiger partial charge on any atom is 0.227 e. The molecule has 0 aromatic heterocycles. The summed E-state index contributed by atoms with van der Waals surface area (Å²) in [7, 11) is 3.60. The predicted octanol–water partition coefficient (Wildman–Crippen LogP) is 3.13. The number of hydrogen-bond donors (Lipinski definition) is 2. The lowest BCUT2D eigenvalue weighted by Crippen LogP contribution is -2.41. The van der Waals surface area contributed by atoms with Gasteiger partial charge in [0, 0.05) is 32.2 Å². The van der Waals surface area contributed by atoms with Gasteiger partial charge in [0.05, 0.1) is 12.0 Å². The highest BCUT2D eigenvalue weighted by atomic mass is 127. The lowest BCUT2D eigenvalue weighted by atomic mass is 9.93. The van der Waals surface area contributed by atoms with Crippen molar-refractivity contribution < 1.29 is 4.79 Å². The Morgan fingerprint density at radius 3 is 2.50 bits per heavy atom. The molecule has 0 aliphatic carbocycles. The first-order chi connectivity index (χ1) is 10.8. The Kier molecular flexibility index (Phi) is 10.3. The Morgan fingerprint density at radius 2 is 1.96 bits per heavy atom. The number of amides is 1. The SMILES string of the molecule is CCNC(=NCC(C)(C)C(=O)NC)N(C)Cc1ccccc1Cl.I. The molecular formula is C17H28ClIN4O. The van der Waals surface area contributed by atoms with E-state index in [0.717, 1.165) is 23.1 Å². The van der Waals surface area contributed by atoms with Gasteiger partial charge in [-0.2, -0.15) is 0 Å². The number of nitrogens with zero attached hydrogens (tertiary/aromatic N) is 2. The number of nitrogens with one attached hydrogen (secondary N) is 2. The molecule has 1 aromatic rings. The quantitative estimate of drug-likeness (QED) is 0.385. The Labute approximate surface area is 167 Å². The smallest absolute Gasteiger partial charge is 0.227 e. The fourth-order valence-corrected chi connectivity index (χ4v) is 2.30. The highest BCUT2D eigenvalue weighted by Crippen LogP contribution is 2.18. The normalized spacial score (nSPS) is 11.5. The molecule has 0 aliphatic heterocycles. The molecule has 0 heterocycles. The zero-order valence-corrected chi connectivity index (χ0v) is 18.1. The second-order valence-corrected chi connectivity index (χ2v) is 6.49. The number of carbonyl (C=O) groups is 1. The van der Waals surface area contributed by atoms with E-state index in [1.165, 1.54) is 0 Å². The molecule has 7 heteroatoms. The van der Waals surface area contributed by atoms with Crippen LogP contribution in [0.25, 0.3) is 0 Å². The van der Waals surface area contributed by atoms with Crippen LogP contribution in [0.15, 0.2) is 29.3 Å². The summed E-state index contributed by atoms with van der Waals surface area (Å²) in [6.07, 6.45) is 0. The molecule has 0 unspecified atom stereocenters. The third kappa shape index (κ3) is 6.84. The molecule has 0 saturated carbocycles. The third-order valence-corrected chi connectivity index (χ3v) is 3.90. The Bertz CT molecular complexity index is 563. The molecule has 136 valence electrons. The minimum absolute atomic E-state index is 0. The number of benzene rings is 1. The molecule has 1 aromatic carbocycles. The van der Waals surface area contributed by atoms with Crippen LogP contribution in [-0.4, -0.2) is 44.0 Å². The van der Waals surface area contributed by atoms with Crippen molar-refractivity contribution in [1.82, 2.24) is 15.5 Å². The molecule has 0 saturated heterocycles. The summed E-state index contributed by atoms with van der Waals surface area (Å²) in [4.78, 5) is 18.5. The van der Waals surface area contributed by atoms with Crippen molar-refractivity contribution in [3.8, 4) is 0 Å². The Hall–Kier alpha value is -1.02. The van der Waals surface area contributed by atoms with E-state index in [9.17, 15) is 4.79 Å². The van der Waals surface area contributed by atoms with Crippen LogP contribution in [0.1, 0.15) is 26.3 Å². The van der Waals surface area contributed by atoms with Crippen LogP contribution < -0.4 is 10.6 Å². The lowest BCUT2D eigenvalue weighted by molar-refractivity contribution is -0.128. The first-order valence-electron chi connectivity index (χ1n) is 7.77. The van der Waals surface area contributed by atoms with Gasteiger partial charge < -0.3 is 15.5 Å². The van der Waals surface area contributed by atoms with Gasteiger partial charge in [0.25, 0.3) is 0 Å². The van der Waals surface area contributed by atoms with Crippen molar-refractivity contribution in [2.24, 2.45) is 10.4 Å². The minimum atomic E-state index is -0.555. The molecule has 5 nitrogen and oxygen atoms in total. The van der Waals surface area contributed by atoms with Crippen molar-refractivity contribution in [1.29, 1.82) is 0 Å². The molecule has 0 bridgehead atoms. The summed E-state index contributed by atoms with van der Waals surface area (Å²) >= 11 is 6.22. The van der Waals surface area contributed by atoms with Crippen molar-refractivity contribution in [3.63, 3.8) is 0 Å². The van der Waals surface area contributed by atoms with Gasteiger partial charge in [-0.1, -0.05) is 29.8 Å². The van der Waals surface area contributed by atoms with E-state index in [2.05, 4.69) is 15.6 Å². The number of hydrogen-bond acceptors (Lipinski definition) is 2. The molecule has 0 atom stereocenters. The van der Waals surface area contributed by atoms with Crippen LogP contribution in [0.2, 0.25) is 5.02 Å². The maximum absolute atomic E-state index is 11.9. The summed E-state index contributed by atoms with van der Waals surface area (Å²) in [5.74, 6) is 0.732. The minimum Gasteiger partial charge on any atom is -0.359 e. The molecule has 0 radical (unpaired) electrons. The van der Waals surface area contributed by atoms with E-state index in [4.69, 9.17) is 11.6 Å². The van der Waals surface area contributed by atoms with Gasteiger partial charge in [-0.25, -0.2) is 0 Å². The number of carbonyl (C=O) groups excluding carboxylic acids is 1. The summed E-state index contributed by atoms with van der Waals surface area (Å²) in [5, 5.41) is 6.67. The molecule has 24 heavy (non-hydrogen) atoms. The first kappa shape index (κ1) is 23.0. The molecule has 1 rings (SSSR count). The summed E-state index contributed by atoms with van der Waals surface area (Å²) in [6, 6.07) is 7.76. The molecule has 1 amide bonds. The van der Waals surface area contributed by atoms with Crippen molar-refractivity contribution >= 4 is 47.4 Å². The van der Waals surface area contributed by atoms with E-state index in [1.54, 1.807) is 7.05 Å². The van der Waals surface area contributed by atoms with E-state index in [1.807, 2.05) is 57.0 Å². The fourth-order valence-electron chi connectivity index (χ4n) is 2.11. The number of rotatable bonds is 6. The molecule has 0 aliphatic rings. The van der Waals surface area contributed by atoms with Crippen LogP contribution in [0.4, 0.5) is 0 Å². The second kappa shape index (κ2) is 10.8. The van der Waals surface area contributed by atoms with Crippen molar-refractivity contribution in [3.05, 3.63) is 34.9 Å². The average Bonchev–Trinajstić information content (AvgIpc) is 2.52. The van der Waals surface area contributed by atoms with Crippen LogP contribution in [0.3, 0.4) is 0 Å². The summed E-state index contributed by atoms with van der Waals surface area (Å²) < 4.78 is 0. The van der Waals surface area contributed by atoms with Gasteiger partial charge in [0.1, 0.15) is 0 Å². The standard InChI is InChI=1S/C17H27ClN4O.HI/c1-6-20-16(21-12-17(2,3)15(23)19-4)22(5)11-13-9-7-8-10-14(13)18;/h7-10H,6,11-12H2,1-5H3,(H,19,23)(H,20,21);1H. The monoisotopic (exact) mass is 466 g/mol. The number of aliphatic imine (C=N–C) groups is 1. The van der Waals surface area contributed by atoms with Gasteiger partial charge in [0.15, 0.2) is 5.96 Å². The fraction of sp³-hybridized carbons (Fsp3) is 0.529.